The van der Waals surface area contributed by atoms with Crippen molar-refractivity contribution in [2.75, 3.05) is 6.54 Å². The molecule has 0 unspecified atom stereocenters. The van der Waals surface area contributed by atoms with Gasteiger partial charge in [-0.15, -0.1) is 0 Å². The van der Waals surface area contributed by atoms with Crippen LogP contribution in [0.5, 0.6) is 0 Å². The summed E-state index contributed by atoms with van der Waals surface area (Å²) >= 11 is 0. The first-order valence-corrected chi connectivity index (χ1v) is 7.85. The standard InChI is InChI=1S/C16H27N3O/c1-11(2)9-17-10-14-8-15(20)19-16(18-14)13-6-4-12(3)5-7-13/h8,11-13,17H,4-7,9-10H2,1-3H3,(H,18,19,20). The van der Waals surface area contributed by atoms with Gasteiger partial charge in [-0.05, 0) is 31.2 Å². The third-order valence-electron chi connectivity index (χ3n) is 4.07. The average Bonchev–Trinajstić information content (AvgIpc) is 2.38. The van der Waals surface area contributed by atoms with E-state index in [2.05, 4.69) is 36.1 Å². The molecule has 4 heteroatoms. The van der Waals surface area contributed by atoms with Crippen molar-refractivity contribution in [1.29, 1.82) is 0 Å². The summed E-state index contributed by atoms with van der Waals surface area (Å²) in [5.74, 6) is 2.75. The van der Waals surface area contributed by atoms with Crippen molar-refractivity contribution < 1.29 is 0 Å². The van der Waals surface area contributed by atoms with Crippen LogP contribution in [0, 0.1) is 11.8 Å². The Balaban J connectivity index is 2.02. The lowest BCUT2D eigenvalue weighted by Gasteiger charge is -2.25. The van der Waals surface area contributed by atoms with Crippen LogP contribution in [-0.2, 0) is 6.54 Å². The highest BCUT2D eigenvalue weighted by Gasteiger charge is 2.21. The number of nitrogens with zero attached hydrogens (tertiary/aromatic N) is 1. The molecule has 0 aromatic carbocycles. The molecule has 1 aliphatic carbocycles. The van der Waals surface area contributed by atoms with Crippen LogP contribution in [0.3, 0.4) is 0 Å². The largest absolute Gasteiger partial charge is 0.311 e. The van der Waals surface area contributed by atoms with Crippen LogP contribution in [0.4, 0.5) is 0 Å². The van der Waals surface area contributed by atoms with Crippen LogP contribution >= 0.6 is 0 Å². The fraction of sp³-hybridized carbons (Fsp3) is 0.750. The molecule has 112 valence electrons. The zero-order valence-corrected chi connectivity index (χ0v) is 12.9. The molecular weight excluding hydrogens is 250 g/mol. The highest BCUT2D eigenvalue weighted by atomic mass is 16.1. The Hall–Kier alpha value is -1.16. The minimum absolute atomic E-state index is 0.0185. The van der Waals surface area contributed by atoms with Gasteiger partial charge in [0.05, 0.1) is 5.69 Å². The first kappa shape index (κ1) is 15.2. The Labute approximate surface area is 121 Å². The Morgan fingerprint density at radius 3 is 2.70 bits per heavy atom. The van der Waals surface area contributed by atoms with Gasteiger partial charge in [-0.1, -0.05) is 33.6 Å². The third kappa shape index (κ3) is 4.44. The monoisotopic (exact) mass is 277 g/mol. The molecular formula is C16H27N3O. The van der Waals surface area contributed by atoms with E-state index in [0.29, 0.717) is 18.4 Å². The van der Waals surface area contributed by atoms with Crippen molar-refractivity contribution in [3.8, 4) is 0 Å². The number of H-pyrrole nitrogens is 1. The van der Waals surface area contributed by atoms with Crippen LogP contribution in [0.25, 0.3) is 0 Å². The fourth-order valence-electron chi connectivity index (χ4n) is 2.83. The number of hydrogen-bond donors (Lipinski definition) is 2. The van der Waals surface area contributed by atoms with Crippen LogP contribution in [0.15, 0.2) is 10.9 Å². The molecule has 0 aliphatic heterocycles. The topological polar surface area (TPSA) is 57.8 Å². The van der Waals surface area contributed by atoms with E-state index in [1.807, 2.05) is 0 Å². The van der Waals surface area contributed by atoms with Crippen molar-refractivity contribution in [2.24, 2.45) is 11.8 Å². The second-order valence-electron chi connectivity index (χ2n) is 6.60. The molecule has 1 saturated carbocycles. The molecule has 0 atom stereocenters. The van der Waals surface area contributed by atoms with Gasteiger partial charge in [-0.2, -0.15) is 0 Å². The van der Waals surface area contributed by atoms with Gasteiger partial charge in [0.15, 0.2) is 0 Å². The number of aromatic nitrogens is 2. The van der Waals surface area contributed by atoms with Crippen LogP contribution in [0.1, 0.15) is 63.9 Å². The smallest absolute Gasteiger partial charge is 0.251 e. The Kier molecular flexibility index (Phi) is 5.35. The van der Waals surface area contributed by atoms with E-state index in [-0.39, 0.29) is 5.56 Å². The second kappa shape index (κ2) is 7.02. The first-order chi connectivity index (χ1) is 9.54. The summed E-state index contributed by atoms with van der Waals surface area (Å²) in [5, 5.41) is 3.35. The molecule has 4 nitrogen and oxygen atoms in total. The summed E-state index contributed by atoms with van der Waals surface area (Å²) < 4.78 is 0. The van der Waals surface area contributed by atoms with Gasteiger partial charge in [-0.3, -0.25) is 4.79 Å². The van der Waals surface area contributed by atoms with Crippen molar-refractivity contribution in [2.45, 2.75) is 58.9 Å². The van der Waals surface area contributed by atoms with Crippen molar-refractivity contribution >= 4 is 0 Å². The van der Waals surface area contributed by atoms with Crippen LogP contribution in [0.2, 0.25) is 0 Å². The zero-order valence-electron chi connectivity index (χ0n) is 12.9. The Bertz CT molecular complexity index is 473. The average molecular weight is 277 g/mol. The maximum absolute atomic E-state index is 11.8. The highest BCUT2D eigenvalue weighted by Crippen LogP contribution is 2.33. The van der Waals surface area contributed by atoms with Crippen LogP contribution in [-0.4, -0.2) is 16.5 Å². The molecule has 1 aromatic rings. The van der Waals surface area contributed by atoms with E-state index < -0.39 is 0 Å². The molecule has 20 heavy (non-hydrogen) atoms. The van der Waals surface area contributed by atoms with E-state index in [4.69, 9.17) is 0 Å². The molecule has 0 spiro atoms. The first-order valence-electron chi connectivity index (χ1n) is 7.85. The van der Waals surface area contributed by atoms with E-state index in [1.165, 1.54) is 12.8 Å². The van der Waals surface area contributed by atoms with E-state index in [0.717, 1.165) is 36.8 Å². The number of rotatable bonds is 5. The predicted molar refractivity (Wildman–Crippen MR) is 81.8 cm³/mol. The second-order valence-corrected chi connectivity index (χ2v) is 6.60. The van der Waals surface area contributed by atoms with Gasteiger partial charge in [0.25, 0.3) is 5.56 Å². The summed E-state index contributed by atoms with van der Waals surface area (Å²) in [6.07, 6.45) is 4.77. The minimum atomic E-state index is -0.0185. The molecule has 1 aliphatic rings. The molecule has 1 fully saturated rings. The fourth-order valence-corrected chi connectivity index (χ4v) is 2.83. The molecule has 1 heterocycles. The van der Waals surface area contributed by atoms with E-state index in [9.17, 15) is 4.79 Å². The maximum Gasteiger partial charge on any atom is 0.251 e. The van der Waals surface area contributed by atoms with Gasteiger partial charge in [0.2, 0.25) is 0 Å². The third-order valence-corrected chi connectivity index (χ3v) is 4.07. The normalized spacial score (nSPS) is 23.2. The molecule has 2 rings (SSSR count). The predicted octanol–water partition coefficient (Wildman–Crippen LogP) is 2.81. The highest BCUT2D eigenvalue weighted by molar-refractivity contribution is 5.07. The summed E-state index contributed by atoms with van der Waals surface area (Å²) in [6.45, 7) is 8.28. The minimum Gasteiger partial charge on any atom is -0.311 e. The maximum atomic E-state index is 11.8. The molecule has 2 N–H and O–H groups in total. The molecule has 0 radical (unpaired) electrons. The molecule has 0 saturated heterocycles. The molecule has 0 amide bonds. The number of nitrogens with one attached hydrogen (secondary N) is 2. The van der Waals surface area contributed by atoms with Gasteiger partial charge in [-0.25, -0.2) is 4.98 Å². The quantitative estimate of drug-likeness (QED) is 0.870. The summed E-state index contributed by atoms with van der Waals surface area (Å²) in [7, 11) is 0. The summed E-state index contributed by atoms with van der Waals surface area (Å²) in [4.78, 5) is 19.4. The SMILES string of the molecule is CC(C)CNCc1cc(=O)[nH]c(C2CCC(C)CC2)n1. The van der Waals surface area contributed by atoms with Crippen molar-refractivity contribution in [3.63, 3.8) is 0 Å². The molecule has 0 bridgehead atoms. The van der Waals surface area contributed by atoms with Crippen molar-refractivity contribution in [1.82, 2.24) is 15.3 Å². The lowest BCUT2D eigenvalue weighted by molar-refractivity contribution is 0.338. The Morgan fingerprint density at radius 1 is 1.35 bits per heavy atom. The van der Waals surface area contributed by atoms with Gasteiger partial charge >= 0.3 is 0 Å². The summed E-state index contributed by atoms with van der Waals surface area (Å²) in [6, 6.07) is 1.61. The van der Waals surface area contributed by atoms with Crippen LogP contribution < -0.4 is 10.9 Å². The van der Waals surface area contributed by atoms with Gasteiger partial charge < -0.3 is 10.3 Å². The van der Waals surface area contributed by atoms with Crippen molar-refractivity contribution in [3.05, 3.63) is 27.9 Å². The van der Waals surface area contributed by atoms with E-state index in [1.54, 1.807) is 6.07 Å². The van der Waals surface area contributed by atoms with E-state index >= 15 is 0 Å². The lowest BCUT2D eigenvalue weighted by atomic mass is 9.82. The lowest BCUT2D eigenvalue weighted by Crippen LogP contribution is -2.23. The Morgan fingerprint density at radius 2 is 2.05 bits per heavy atom. The summed E-state index contributed by atoms with van der Waals surface area (Å²) in [5.41, 5.74) is 0.845. The zero-order chi connectivity index (χ0) is 14.5. The molecule has 1 aromatic heterocycles. The van der Waals surface area contributed by atoms with Gasteiger partial charge in [0.1, 0.15) is 5.82 Å². The van der Waals surface area contributed by atoms with Gasteiger partial charge in [0, 0.05) is 18.5 Å². The number of aromatic amines is 1. The number of hydrogen-bond acceptors (Lipinski definition) is 3.